The Labute approximate surface area is 111 Å². The Morgan fingerprint density at radius 2 is 1.78 bits per heavy atom. The second-order valence-electron chi connectivity index (χ2n) is 6.47. The summed E-state index contributed by atoms with van der Waals surface area (Å²) in [5.74, 6) is 0.606. The molecule has 2 rings (SSSR count). The fourth-order valence-electron chi connectivity index (χ4n) is 3.19. The third-order valence-corrected chi connectivity index (χ3v) is 4.73. The van der Waals surface area contributed by atoms with E-state index in [2.05, 4.69) is 17.6 Å². The number of carbonyl (C=O) groups excluding carboxylic acids is 1. The monoisotopic (exact) mass is 252 g/mol. The van der Waals surface area contributed by atoms with Gasteiger partial charge in [0.15, 0.2) is 0 Å². The first-order valence-corrected chi connectivity index (χ1v) is 7.68. The molecule has 3 heteroatoms. The van der Waals surface area contributed by atoms with Gasteiger partial charge in [-0.2, -0.15) is 0 Å². The average molecular weight is 252 g/mol. The molecule has 0 spiro atoms. The van der Waals surface area contributed by atoms with Gasteiger partial charge in [-0.15, -0.1) is 0 Å². The number of hydrogen-bond acceptors (Lipinski definition) is 2. The van der Waals surface area contributed by atoms with E-state index in [1.54, 1.807) is 0 Å². The summed E-state index contributed by atoms with van der Waals surface area (Å²) < 4.78 is 0. The van der Waals surface area contributed by atoms with Crippen LogP contribution in [-0.4, -0.2) is 25.5 Å². The van der Waals surface area contributed by atoms with Crippen LogP contribution in [-0.2, 0) is 4.79 Å². The van der Waals surface area contributed by atoms with E-state index in [0.29, 0.717) is 11.3 Å². The number of hydrogen-bond donors (Lipinski definition) is 2. The lowest BCUT2D eigenvalue weighted by Crippen LogP contribution is -2.44. The number of carbonyl (C=O) groups is 1. The molecule has 0 bridgehead atoms. The molecular weight excluding hydrogens is 224 g/mol. The first-order chi connectivity index (χ1) is 8.70. The van der Waals surface area contributed by atoms with E-state index in [4.69, 9.17) is 0 Å². The molecule has 0 unspecified atom stereocenters. The molecule has 1 saturated carbocycles. The third-order valence-electron chi connectivity index (χ3n) is 4.73. The number of piperidine rings is 1. The zero-order valence-electron chi connectivity index (χ0n) is 11.8. The van der Waals surface area contributed by atoms with Crippen LogP contribution in [0.15, 0.2) is 0 Å². The molecule has 2 N–H and O–H groups in total. The second kappa shape index (κ2) is 6.55. The van der Waals surface area contributed by atoms with Crippen LogP contribution in [0.25, 0.3) is 0 Å². The molecule has 2 aliphatic rings. The molecule has 0 aromatic carbocycles. The van der Waals surface area contributed by atoms with Crippen molar-refractivity contribution in [2.45, 2.75) is 58.3 Å². The second-order valence-corrected chi connectivity index (χ2v) is 6.47. The van der Waals surface area contributed by atoms with E-state index in [-0.39, 0.29) is 5.92 Å². The van der Waals surface area contributed by atoms with Gasteiger partial charge < -0.3 is 10.6 Å². The number of rotatable bonds is 3. The van der Waals surface area contributed by atoms with Crippen molar-refractivity contribution in [3.8, 4) is 0 Å². The highest BCUT2D eigenvalue weighted by Gasteiger charge is 2.28. The highest BCUT2D eigenvalue weighted by atomic mass is 16.1. The maximum Gasteiger partial charge on any atom is 0.223 e. The van der Waals surface area contributed by atoms with E-state index in [1.165, 1.54) is 38.5 Å². The van der Waals surface area contributed by atoms with Crippen molar-refractivity contribution in [3.63, 3.8) is 0 Å². The van der Waals surface area contributed by atoms with Crippen molar-refractivity contribution in [3.05, 3.63) is 0 Å². The highest BCUT2D eigenvalue weighted by molar-refractivity contribution is 5.78. The van der Waals surface area contributed by atoms with Gasteiger partial charge in [-0.25, -0.2) is 0 Å². The number of amides is 1. The fourth-order valence-corrected chi connectivity index (χ4v) is 3.19. The van der Waals surface area contributed by atoms with Gasteiger partial charge in [-0.1, -0.05) is 32.6 Å². The summed E-state index contributed by atoms with van der Waals surface area (Å²) in [6.45, 7) is 5.36. The summed E-state index contributed by atoms with van der Waals surface area (Å²) in [5.41, 5.74) is 0.311. The van der Waals surface area contributed by atoms with Gasteiger partial charge in [0.05, 0.1) is 0 Å². The summed E-state index contributed by atoms with van der Waals surface area (Å²) in [6.07, 6.45) is 9.66. The molecule has 0 radical (unpaired) electrons. The van der Waals surface area contributed by atoms with E-state index in [1.807, 2.05) is 0 Å². The normalized spacial score (nSPS) is 25.4. The summed E-state index contributed by atoms with van der Waals surface area (Å²) >= 11 is 0. The highest BCUT2D eigenvalue weighted by Crippen LogP contribution is 2.27. The fraction of sp³-hybridized carbons (Fsp3) is 0.933. The van der Waals surface area contributed by atoms with E-state index < -0.39 is 0 Å². The van der Waals surface area contributed by atoms with Crippen molar-refractivity contribution < 1.29 is 4.79 Å². The molecule has 0 aromatic rings. The first-order valence-electron chi connectivity index (χ1n) is 7.68. The minimum Gasteiger partial charge on any atom is -0.355 e. The van der Waals surface area contributed by atoms with Gasteiger partial charge in [0.2, 0.25) is 5.91 Å². The van der Waals surface area contributed by atoms with Crippen LogP contribution in [0.1, 0.15) is 58.3 Å². The van der Waals surface area contributed by atoms with Gasteiger partial charge in [0.1, 0.15) is 0 Å². The minimum atomic E-state index is 0.290. The Bertz CT molecular complexity index is 264. The van der Waals surface area contributed by atoms with Crippen molar-refractivity contribution in [1.82, 2.24) is 10.6 Å². The summed E-state index contributed by atoms with van der Waals surface area (Å²) in [5, 5.41) is 6.61. The Balaban J connectivity index is 1.76. The zero-order chi connectivity index (χ0) is 12.8. The SMILES string of the molecule is CC1(CNC(=O)C2CCCCCC2)CCNCC1. The maximum atomic E-state index is 12.2. The predicted molar refractivity (Wildman–Crippen MR) is 74.4 cm³/mol. The van der Waals surface area contributed by atoms with Gasteiger partial charge in [-0.05, 0) is 44.2 Å². The van der Waals surface area contributed by atoms with Crippen LogP contribution in [0, 0.1) is 11.3 Å². The zero-order valence-corrected chi connectivity index (χ0v) is 11.8. The number of nitrogens with one attached hydrogen (secondary N) is 2. The molecule has 0 atom stereocenters. The summed E-state index contributed by atoms with van der Waals surface area (Å²) in [4.78, 5) is 12.2. The van der Waals surface area contributed by atoms with Gasteiger partial charge in [-0.3, -0.25) is 4.79 Å². The molecule has 1 heterocycles. The molecule has 1 aliphatic heterocycles. The van der Waals surface area contributed by atoms with Crippen molar-refractivity contribution in [2.24, 2.45) is 11.3 Å². The molecule has 3 nitrogen and oxygen atoms in total. The minimum absolute atomic E-state index is 0.290. The molecule has 104 valence electrons. The molecule has 0 aromatic heterocycles. The lowest BCUT2D eigenvalue weighted by atomic mass is 9.81. The van der Waals surface area contributed by atoms with E-state index >= 15 is 0 Å². The van der Waals surface area contributed by atoms with Crippen LogP contribution in [0.3, 0.4) is 0 Å². The topological polar surface area (TPSA) is 41.1 Å². The van der Waals surface area contributed by atoms with Gasteiger partial charge >= 0.3 is 0 Å². The average Bonchev–Trinajstić information content (AvgIpc) is 2.66. The summed E-state index contributed by atoms with van der Waals surface area (Å²) in [6, 6.07) is 0. The molecule has 1 amide bonds. The standard InChI is InChI=1S/C15H28N2O/c1-15(8-10-16-11-9-15)12-17-14(18)13-6-4-2-3-5-7-13/h13,16H,2-12H2,1H3,(H,17,18). The Morgan fingerprint density at radius 3 is 2.39 bits per heavy atom. The van der Waals surface area contributed by atoms with Crippen molar-refractivity contribution in [2.75, 3.05) is 19.6 Å². The van der Waals surface area contributed by atoms with Crippen molar-refractivity contribution >= 4 is 5.91 Å². The Kier molecular flexibility index (Phi) is 5.04. The van der Waals surface area contributed by atoms with Crippen LogP contribution in [0.5, 0.6) is 0 Å². The van der Waals surface area contributed by atoms with Crippen LogP contribution in [0.4, 0.5) is 0 Å². The molecule has 1 saturated heterocycles. The van der Waals surface area contributed by atoms with Gasteiger partial charge in [0.25, 0.3) is 0 Å². The third kappa shape index (κ3) is 3.98. The first kappa shape index (κ1) is 13.9. The predicted octanol–water partition coefficient (Wildman–Crippen LogP) is 2.46. The molecule has 1 aliphatic carbocycles. The van der Waals surface area contributed by atoms with Crippen LogP contribution >= 0.6 is 0 Å². The molecule has 2 fully saturated rings. The lowest BCUT2D eigenvalue weighted by molar-refractivity contribution is -0.126. The summed E-state index contributed by atoms with van der Waals surface area (Å²) in [7, 11) is 0. The Morgan fingerprint density at radius 1 is 1.17 bits per heavy atom. The molecular formula is C15H28N2O. The smallest absolute Gasteiger partial charge is 0.223 e. The van der Waals surface area contributed by atoms with Gasteiger partial charge in [0, 0.05) is 12.5 Å². The van der Waals surface area contributed by atoms with E-state index in [9.17, 15) is 4.79 Å². The quantitative estimate of drug-likeness (QED) is 0.758. The van der Waals surface area contributed by atoms with E-state index in [0.717, 1.165) is 32.5 Å². The molecule has 18 heavy (non-hydrogen) atoms. The van der Waals surface area contributed by atoms with Crippen molar-refractivity contribution in [1.29, 1.82) is 0 Å². The van der Waals surface area contributed by atoms with Crippen LogP contribution < -0.4 is 10.6 Å². The Hall–Kier alpha value is -0.570. The maximum absolute atomic E-state index is 12.2. The largest absolute Gasteiger partial charge is 0.355 e. The lowest BCUT2D eigenvalue weighted by Gasteiger charge is -2.34. The van der Waals surface area contributed by atoms with Crippen LogP contribution in [0.2, 0.25) is 0 Å².